The van der Waals surface area contributed by atoms with Gasteiger partial charge in [-0.2, -0.15) is 0 Å². The van der Waals surface area contributed by atoms with E-state index in [0.717, 1.165) is 4.90 Å². The van der Waals surface area contributed by atoms with Gasteiger partial charge in [-0.3, -0.25) is 9.59 Å². The summed E-state index contributed by atoms with van der Waals surface area (Å²) in [5.41, 5.74) is 0. The predicted octanol–water partition coefficient (Wildman–Crippen LogP) is 2.69. The van der Waals surface area contributed by atoms with E-state index in [1.54, 1.807) is 19.1 Å². The van der Waals surface area contributed by atoms with Crippen LogP contribution in [0.2, 0.25) is 0 Å². The maximum absolute atomic E-state index is 12.7. The number of ether oxygens (including phenoxy) is 1. The number of carbonyl (C=O) groups is 2. The molecule has 0 heterocycles. The number of methoxy groups -OCH3 is 1. The molecule has 0 saturated carbocycles. The van der Waals surface area contributed by atoms with Gasteiger partial charge in [0.1, 0.15) is 11.7 Å². The van der Waals surface area contributed by atoms with E-state index in [-0.39, 0.29) is 17.4 Å². The fourth-order valence-corrected chi connectivity index (χ4v) is 2.29. The van der Waals surface area contributed by atoms with E-state index in [1.807, 2.05) is 0 Å². The summed E-state index contributed by atoms with van der Waals surface area (Å²) in [5.74, 6) is -1.50. The number of hydrogen-bond donors (Lipinski definition) is 0. The van der Waals surface area contributed by atoms with Crippen LogP contribution in [0.25, 0.3) is 0 Å². The van der Waals surface area contributed by atoms with Crippen molar-refractivity contribution in [1.29, 1.82) is 0 Å². The van der Waals surface area contributed by atoms with Crippen molar-refractivity contribution >= 4 is 23.5 Å². The van der Waals surface area contributed by atoms with E-state index in [4.69, 9.17) is 0 Å². The first-order valence-electron chi connectivity index (χ1n) is 5.57. The lowest BCUT2D eigenvalue weighted by Crippen LogP contribution is -2.26. The normalized spacial score (nSPS) is 11.9. The molecule has 0 aliphatic heterocycles. The van der Waals surface area contributed by atoms with Crippen molar-refractivity contribution in [1.82, 2.24) is 0 Å². The van der Waals surface area contributed by atoms with Gasteiger partial charge in [0.25, 0.3) is 0 Å². The summed E-state index contributed by atoms with van der Waals surface area (Å²) in [6.07, 6.45) is 0.426. The maximum Gasteiger partial charge on any atom is 0.316 e. The molecule has 1 atom stereocenters. The third kappa shape index (κ3) is 4.14. The Hall–Kier alpha value is -1.36. The molecule has 1 unspecified atom stereocenters. The highest BCUT2D eigenvalue weighted by atomic mass is 32.2. The molecule has 0 aromatic heterocycles. The SMILES string of the molecule is CCC(C(=O)CSc1ccc(F)cc1)C(=O)OC. The van der Waals surface area contributed by atoms with Crippen molar-refractivity contribution in [2.45, 2.75) is 18.2 Å². The molecule has 0 spiro atoms. The summed E-state index contributed by atoms with van der Waals surface area (Å²) in [5, 5.41) is 0. The molecule has 1 rings (SSSR count). The first kappa shape index (κ1) is 14.7. The lowest BCUT2D eigenvalue weighted by molar-refractivity contribution is -0.148. The van der Waals surface area contributed by atoms with Gasteiger partial charge < -0.3 is 4.74 Å². The van der Waals surface area contributed by atoms with E-state index in [1.165, 1.54) is 31.0 Å². The zero-order valence-corrected chi connectivity index (χ0v) is 11.1. The molecule has 0 radical (unpaired) electrons. The van der Waals surface area contributed by atoms with Crippen LogP contribution >= 0.6 is 11.8 Å². The summed E-state index contributed by atoms with van der Waals surface area (Å²) in [4.78, 5) is 24.0. The Morgan fingerprint density at radius 3 is 2.44 bits per heavy atom. The van der Waals surface area contributed by atoms with Crippen LogP contribution < -0.4 is 0 Å². The smallest absolute Gasteiger partial charge is 0.316 e. The second-order valence-corrected chi connectivity index (χ2v) is 4.74. The second kappa shape index (κ2) is 7.16. The number of hydrogen-bond acceptors (Lipinski definition) is 4. The number of carbonyl (C=O) groups excluding carboxylic acids is 2. The molecular formula is C13H15FO3S. The highest BCUT2D eigenvalue weighted by Gasteiger charge is 2.25. The third-order valence-electron chi connectivity index (χ3n) is 2.48. The highest BCUT2D eigenvalue weighted by molar-refractivity contribution is 8.00. The fourth-order valence-electron chi connectivity index (χ4n) is 1.45. The molecule has 0 aliphatic carbocycles. The van der Waals surface area contributed by atoms with Crippen LogP contribution in [-0.2, 0) is 14.3 Å². The second-order valence-electron chi connectivity index (χ2n) is 3.69. The number of thioether (sulfide) groups is 1. The summed E-state index contributed by atoms with van der Waals surface area (Å²) < 4.78 is 17.3. The van der Waals surface area contributed by atoms with Crippen molar-refractivity contribution < 1.29 is 18.7 Å². The zero-order valence-electron chi connectivity index (χ0n) is 10.3. The molecule has 0 aliphatic rings. The van der Waals surface area contributed by atoms with Gasteiger partial charge in [0.2, 0.25) is 0 Å². The maximum atomic E-state index is 12.7. The van der Waals surface area contributed by atoms with E-state index in [0.29, 0.717) is 6.42 Å². The Morgan fingerprint density at radius 1 is 1.33 bits per heavy atom. The highest BCUT2D eigenvalue weighted by Crippen LogP contribution is 2.20. The van der Waals surface area contributed by atoms with Crippen LogP contribution in [0, 0.1) is 11.7 Å². The largest absolute Gasteiger partial charge is 0.468 e. The van der Waals surface area contributed by atoms with E-state index in [9.17, 15) is 14.0 Å². The quantitative estimate of drug-likeness (QED) is 0.453. The van der Waals surface area contributed by atoms with Crippen molar-refractivity contribution in [3.8, 4) is 0 Å². The minimum Gasteiger partial charge on any atom is -0.468 e. The summed E-state index contributed by atoms with van der Waals surface area (Å²) in [6, 6.07) is 5.88. The molecule has 98 valence electrons. The Labute approximate surface area is 110 Å². The van der Waals surface area contributed by atoms with Gasteiger partial charge >= 0.3 is 5.97 Å². The van der Waals surface area contributed by atoms with E-state index in [2.05, 4.69) is 4.74 Å². The first-order valence-corrected chi connectivity index (χ1v) is 6.56. The molecule has 18 heavy (non-hydrogen) atoms. The zero-order chi connectivity index (χ0) is 13.5. The minimum atomic E-state index is -0.706. The Balaban J connectivity index is 2.54. The van der Waals surface area contributed by atoms with Gasteiger partial charge in [-0.25, -0.2) is 4.39 Å². The number of rotatable bonds is 6. The number of esters is 1. The molecule has 3 nitrogen and oxygen atoms in total. The summed E-state index contributed by atoms with van der Waals surface area (Å²) in [7, 11) is 1.27. The van der Waals surface area contributed by atoms with E-state index >= 15 is 0 Å². The van der Waals surface area contributed by atoms with Crippen LogP contribution in [0.5, 0.6) is 0 Å². The summed E-state index contributed by atoms with van der Waals surface area (Å²) in [6.45, 7) is 1.77. The molecule has 0 bridgehead atoms. The number of Topliss-reactive ketones (excluding diaryl/α,β-unsaturated/α-hetero) is 1. The lowest BCUT2D eigenvalue weighted by atomic mass is 10.0. The number of benzene rings is 1. The van der Waals surface area contributed by atoms with Crippen molar-refractivity contribution in [3.63, 3.8) is 0 Å². The Bertz CT molecular complexity index is 417. The van der Waals surface area contributed by atoms with Crippen LogP contribution in [0.15, 0.2) is 29.2 Å². The Morgan fingerprint density at radius 2 is 1.94 bits per heavy atom. The first-order chi connectivity index (χ1) is 8.58. The topological polar surface area (TPSA) is 43.4 Å². The third-order valence-corrected chi connectivity index (χ3v) is 3.51. The lowest BCUT2D eigenvalue weighted by Gasteiger charge is -2.10. The fraction of sp³-hybridized carbons (Fsp3) is 0.385. The molecule has 0 N–H and O–H groups in total. The van der Waals surface area contributed by atoms with Crippen LogP contribution in [0.4, 0.5) is 4.39 Å². The monoisotopic (exact) mass is 270 g/mol. The average Bonchev–Trinajstić information content (AvgIpc) is 2.38. The minimum absolute atomic E-state index is 0.168. The van der Waals surface area contributed by atoms with E-state index < -0.39 is 11.9 Å². The van der Waals surface area contributed by atoms with Gasteiger partial charge in [-0.05, 0) is 30.7 Å². The van der Waals surface area contributed by atoms with Gasteiger partial charge in [0, 0.05) is 4.90 Å². The van der Waals surface area contributed by atoms with Crippen molar-refractivity contribution in [3.05, 3.63) is 30.1 Å². The predicted molar refractivity (Wildman–Crippen MR) is 67.9 cm³/mol. The molecule has 0 saturated heterocycles. The molecule has 1 aromatic carbocycles. The average molecular weight is 270 g/mol. The van der Waals surface area contributed by atoms with Crippen LogP contribution in [0.1, 0.15) is 13.3 Å². The summed E-state index contributed by atoms with van der Waals surface area (Å²) >= 11 is 1.28. The molecule has 0 fully saturated rings. The molecule has 5 heteroatoms. The van der Waals surface area contributed by atoms with Gasteiger partial charge in [0.15, 0.2) is 5.78 Å². The van der Waals surface area contributed by atoms with Crippen LogP contribution in [-0.4, -0.2) is 24.6 Å². The van der Waals surface area contributed by atoms with Crippen LogP contribution in [0.3, 0.4) is 0 Å². The van der Waals surface area contributed by atoms with Gasteiger partial charge in [-0.1, -0.05) is 6.92 Å². The standard InChI is InChI=1S/C13H15FO3S/c1-3-11(13(16)17-2)12(15)8-18-10-6-4-9(14)5-7-10/h4-7,11H,3,8H2,1-2H3. The Kier molecular flexibility index (Phi) is 5.85. The van der Waals surface area contributed by atoms with Crippen molar-refractivity contribution in [2.75, 3.05) is 12.9 Å². The number of halogens is 1. The van der Waals surface area contributed by atoms with Crippen molar-refractivity contribution in [2.24, 2.45) is 5.92 Å². The van der Waals surface area contributed by atoms with Gasteiger partial charge in [-0.15, -0.1) is 11.8 Å². The molecular weight excluding hydrogens is 255 g/mol. The molecule has 0 amide bonds. The molecule has 1 aromatic rings. The van der Waals surface area contributed by atoms with Gasteiger partial charge in [0.05, 0.1) is 12.9 Å². The number of ketones is 1.